The van der Waals surface area contributed by atoms with Gasteiger partial charge in [-0.3, -0.25) is 19.2 Å². The summed E-state index contributed by atoms with van der Waals surface area (Å²) in [6, 6.07) is -3.98. The smallest absolute Gasteiger partial charge is 0.328 e. The third kappa shape index (κ3) is 10.4. The normalized spacial score (nSPS) is 15.0. The number of hydrogen-bond acceptors (Lipinski definition) is 7. The van der Waals surface area contributed by atoms with E-state index in [1.807, 2.05) is 0 Å². The van der Waals surface area contributed by atoms with Crippen molar-refractivity contribution in [1.82, 2.24) is 16.0 Å². The van der Waals surface area contributed by atoms with Gasteiger partial charge in [-0.1, -0.05) is 13.8 Å². The first-order chi connectivity index (χ1) is 13.4. The Morgan fingerprint density at radius 2 is 1.45 bits per heavy atom. The van der Waals surface area contributed by atoms with Crippen molar-refractivity contribution in [2.45, 2.75) is 64.3 Å². The molecule has 4 atom stereocenters. The molecule has 0 aromatic heterocycles. The van der Waals surface area contributed by atoms with Gasteiger partial charge in [0, 0.05) is 6.42 Å². The third-order valence-corrected chi connectivity index (χ3v) is 3.87. The molecule has 0 aromatic rings. The minimum atomic E-state index is -1.58. The van der Waals surface area contributed by atoms with E-state index < -0.39 is 66.9 Å². The largest absolute Gasteiger partial charge is 0.481 e. The van der Waals surface area contributed by atoms with Crippen molar-refractivity contribution in [3.05, 3.63) is 0 Å². The summed E-state index contributed by atoms with van der Waals surface area (Å²) in [5.74, 6) is -5.02. The van der Waals surface area contributed by atoms with Crippen LogP contribution in [0.3, 0.4) is 0 Å². The van der Waals surface area contributed by atoms with E-state index in [2.05, 4.69) is 16.0 Å². The van der Waals surface area contributed by atoms with Crippen LogP contribution in [-0.2, 0) is 24.0 Å². The number of carbonyl (C=O) groups is 5. The number of hydrogen-bond donors (Lipinski definition) is 7. The number of amides is 3. The summed E-state index contributed by atoms with van der Waals surface area (Å²) in [4.78, 5) is 58.6. The molecule has 0 aliphatic heterocycles. The van der Waals surface area contributed by atoms with Crippen LogP contribution >= 0.6 is 0 Å². The highest BCUT2D eigenvalue weighted by Gasteiger charge is 2.31. The molecule has 166 valence electrons. The van der Waals surface area contributed by atoms with Crippen molar-refractivity contribution in [2.75, 3.05) is 6.54 Å². The van der Waals surface area contributed by atoms with E-state index in [1.54, 1.807) is 13.8 Å². The molecular weight excluding hydrogens is 388 g/mol. The van der Waals surface area contributed by atoms with E-state index in [0.717, 1.165) is 0 Å². The van der Waals surface area contributed by atoms with Crippen LogP contribution < -0.4 is 21.7 Å². The number of carboxylic acid groups (broad SMARTS) is 2. The maximum Gasteiger partial charge on any atom is 0.328 e. The van der Waals surface area contributed by atoms with Gasteiger partial charge in [-0.25, -0.2) is 4.79 Å². The van der Waals surface area contributed by atoms with Gasteiger partial charge >= 0.3 is 11.9 Å². The molecule has 0 heterocycles. The van der Waals surface area contributed by atoms with Gasteiger partial charge in [0.15, 0.2) is 6.04 Å². The summed E-state index contributed by atoms with van der Waals surface area (Å²) in [7, 11) is 0. The molecule has 3 amide bonds. The van der Waals surface area contributed by atoms with E-state index in [0.29, 0.717) is 0 Å². The highest BCUT2D eigenvalue weighted by Crippen LogP contribution is 2.08. The van der Waals surface area contributed by atoms with Crippen LogP contribution in [-0.4, -0.2) is 75.8 Å². The van der Waals surface area contributed by atoms with E-state index in [1.165, 1.54) is 6.92 Å². The highest BCUT2D eigenvalue weighted by molar-refractivity contribution is 5.93. The van der Waals surface area contributed by atoms with Crippen molar-refractivity contribution < 1.29 is 39.3 Å². The quantitative estimate of drug-likeness (QED) is 0.172. The van der Waals surface area contributed by atoms with Crippen LogP contribution in [0.2, 0.25) is 0 Å². The molecule has 0 saturated carbocycles. The van der Waals surface area contributed by atoms with Crippen LogP contribution in [0.4, 0.5) is 0 Å². The zero-order chi connectivity index (χ0) is 22.7. The highest BCUT2D eigenvalue weighted by atomic mass is 16.4. The van der Waals surface area contributed by atoms with Gasteiger partial charge in [0.1, 0.15) is 12.1 Å². The Morgan fingerprint density at radius 1 is 0.897 bits per heavy atom. The molecule has 0 aliphatic rings. The lowest BCUT2D eigenvalue weighted by Gasteiger charge is -2.26. The SMILES string of the molecule is CC(C)CC(NC(=O)C(CCC(=O)O)NC(=O)CN)C(=O)NC(C(=O)O)C(C)O. The van der Waals surface area contributed by atoms with Gasteiger partial charge in [0.05, 0.1) is 12.6 Å². The first-order valence-electron chi connectivity index (χ1n) is 9.11. The molecule has 0 saturated heterocycles. The number of aliphatic carboxylic acids is 2. The van der Waals surface area contributed by atoms with Gasteiger partial charge in [0.2, 0.25) is 17.7 Å². The van der Waals surface area contributed by atoms with E-state index in [-0.39, 0.29) is 18.8 Å². The molecule has 4 unspecified atom stereocenters. The third-order valence-electron chi connectivity index (χ3n) is 3.87. The lowest BCUT2D eigenvalue weighted by Crippen LogP contribution is -2.58. The predicted octanol–water partition coefficient (Wildman–Crippen LogP) is -2.22. The Morgan fingerprint density at radius 3 is 1.86 bits per heavy atom. The number of rotatable bonds is 13. The zero-order valence-corrected chi connectivity index (χ0v) is 16.7. The second-order valence-corrected chi connectivity index (χ2v) is 7.01. The molecule has 12 nitrogen and oxygen atoms in total. The topological polar surface area (TPSA) is 208 Å². The molecule has 0 aliphatic carbocycles. The molecule has 12 heteroatoms. The van der Waals surface area contributed by atoms with Crippen LogP contribution in [0.5, 0.6) is 0 Å². The average Bonchev–Trinajstić information content (AvgIpc) is 2.60. The molecule has 8 N–H and O–H groups in total. The second-order valence-electron chi connectivity index (χ2n) is 7.01. The summed E-state index contributed by atoms with van der Waals surface area (Å²) < 4.78 is 0. The van der Waals surface area contributed by atoms with Crippen LogP contribution in [0.15, 0.2) is 0 Å². The summed E-state index contributed by atoms with van der Waals surface area (Å²) >= 11 is 0. The summed E-state index contributed by atoms with van der Waals surface area (Å²) in [6.07, 6.45) is -1.87. The van der Waals surface area contributed by atoms with Gasteiger partial charge in [-0.2, -0.15) is 0 Å². The Kier molecular flexibility index (Phi) is 11.5. The average molecular weight is 418 g/mol. The number of carboxylic acids is 2. The van der Waals surface area contributed by atoms with Crippen molar-refractivity contribution in [1.29, 1.82) is 0 Å². The number of nitrogens with two attached hydrogens (primary N) is 1. The van der Waals surface area contributed by atoms with Crippen molar-refractivity contribution in [2.24, 2.45) is 11.7 Å². The summed E-state index contributed by atoms with van der Waals surface area (Å²) in [5, 5.41) is 34.3. The molecule has 0 bridgehead atoms. The Hall–Kier alpha value is -2.73. The lowest BCUT2D eigenvalue weighted by molar-refractivity contribution is -0.145. The summed E-state index contributed by atoms with van der Waals surface area (Å²) in [5.41, 5.74) is 5.20. The fraction of sp³-hybridized carbons (Fsp3) is 0.706. The van der Waals surface area contributed by atoms with E-state index in [4.69, 9.17) is 15.9 Å². The standard InChI is InChI=1S/C17H30N4O8/c1-8(2)6-11(16(27)21-14(9(3)22)17(28)29)20-15(26)10(4-5-13(24)25)19-12(23)7-18/h8-11,14,22H,4-7,18H2,1-3H3,(H,19,23)(H,20,26)(H,21,27)(H,24,25)(H,28,29). The van der Waals surface area contributed by atoms with Crippen LogP contribution in [0, 0.1) is 5.92 Å². The van der Waals surface area contributed by atoms with Crippen molar-refractivity contribution in [3.8, 4) is 0 Å². The monoisotopic (exact) mass is 418 g/mol. The molecule has 0 spiro atoms. The van der Waals surface area contributed by atoms with Gasteiger partial charge in [0.25, 0.3) is 0 Å². The van der Waals surface area contributed by atoms with Crippen molar-refractivity contribution >= 4 is 29.7 Å². The van der Waals surface area contributed by atoms with Crippen molar-refractivity contribution in [3.63, 3.8) is 0 Å². The maximum absolute atomic E-state index is 12.6. The number of aliphatic hydroxyl groups excluding tert-OH is 1. The molecule has 0 fully saturated rings. The maximum atomic E-state index is 12.6. The first-order valence-corrected chi connectivity index (χ1v) is 9.11. The predicted molar refractivity (Wildman–Crippen MR) is 100 cm³/mol. The number of aliphatic hydroxyl groups is 1. The molecule has 0 aromatic carbocycles. The number of carbonyl (C=O) groups excluding carboxylic acids is 3. The number of nitrogens with one attached hydrogen (secondary N) is 3. The minimum absolute atomic E-state index is 0.0722. The van der Waals surface area contributed by atoms with Gasteiger partial charge in [-0.15, -0.1) is 0 Å². The molecule has 0 rings (SSSR count). The zero-order valence-electron chi connectivity index (χ0n) is 16.7. The fourth-order valence-electron chi connectivity index (χ4n) is 2.41. The molecule has 0 radical (unpaired) electrons. The Balaban J connectivity index is 5.38. The minimum Gasteiger partial charge on any atom is -0.481 e. The van der Waals surface area contributed by atoms with E-state index in [9.17, 15) is 29.1 Å². The Labute approximate surface area is 168 Å². The van der Waals surface area contributed by atoms with Crippen LogP contribution in [0.1, 0.15) is 40.0 Å². The molecule has 29 heavy (non-hydrogen) atoms. The second kappa shape index (κ2) is 12.7. The fourth-order valence-corrected chi connectivity index (χ4v) is 2.41. The lowest BCUT2D eigenvalue weighted by atomic mass is 10.0. The Bertz CT molecular complexity index is 608. The van der Waals surface area contributed by atoms with E-state index >= 15 is 0 Å². The van der Waals surface area contributed by atoms with Gasteiger partial charge < -0.3 is 37.0 Å². The first kappa shape index (κ1) is 26.3. The van der Waals surface area contributed by atoms with Gasteiger partial charge in [-0.05, 0) is 25.7 Å². The van der Waals surface area contributed by atoms with Crippen LogP contribution in [0.25, 0.3) is 0 Å². The summed E-state index contributed by atoms with van der Waals surface area (Å²) in [6.45, 7) is 4.32. The molecular formula is C17H30N4O8.